The van der Waals surface area contributed by atoms with E-state index in [-0.39, 0.29) is 11.0 Å². The number of rotatable bonds is 6. The van der Waals surface area contributed by atoms with E-state index < -0.39 is 0 Å². The van der Waals surface area contributed by atoms with Gasteiger partial charge >= 0.3 is 0 Å². The first-order valence-electron chi connectivity index (χ1n) is 24.6. The van der Waals surface area contributed by atoms with Crippen molar-refractivity contribution in [3.63, 3.8) is 0 Å². The van der Waals surface area contributed by atoms with E-state index in [9.17, 15) is 0 Å². The van der Waals surface area contributed by atoms with Crippen LogP contribution in [0.5, 0.6) is 0 Å². The summed E-state index contributed by atoms with van der Waals surface area (Å²) in [5.74, 6) is 2.58. The third-order valence-electron chi connectivity index (χ3n) is 15.9. The molecule has 0 fully saturated rings. The fourth-order valence-corrected chi connectivity index (χ4v) is 12.8. The summed E-state index contributed by atoms with van der Waals surface area (Å²) in [6.07, 6.45) is 7.54. The molecule has 5 heteroatoms. The highest BCUT2D eigenvalue weighted by atomic mass is 15.3. The quantitative estimate of drug-likeness (QED) is 0.156. The zero-order valence-corrected chi connectivity index (χ0v) is 39.6. The average molecular weight is 900 g/mol. The standard InChI is InChI=1S/C65H49N5/c1-40-36-37-64(3)52-22-12-14-24-56(52)70-59-50(53-38-41(2)58(40)60(64)65(53,70)4)21-15-25-57(59)69-54-23-13-11-20-49(54)51-39-48(34-35-55(51)69)63-67-61(46-30-26-44(27-31-46)42-16-7-5-8-17-42)66-62(68-63)47-32-28-45(29-33-47)43-18-9-6-10-19-43/h5-41H,1-4H3. The number of benzene rings is 8. The van der Waals surface area contributed by atoms with Crippen molar-refractivity contribution in [2.75, 3.05) is 4.90 Å². The van der Waals surface area contributed by atoms with Crippen LogP contribution in [0.1, 0.15) is 38.8 Å². The summed E-state index contributed by atoms with van der Waals surface area (Å²) in [6, 6.07) is 69.7. The van der Waals surface area contributed by atoms with Gasteiger partial charge in [0.2, 0.25) is 0 Å². The predicted molar refractivity (Wildman–Crippen MR) is 288 cm³/mol. The van der Waals surface area contributed by atoms with Crippen LogP contribution in [-0.2, 0) is 5.41 Å². The fraction of sp³-hybridized carbons (Fsp3) is 0.123. The van der Waals surface area contributed by atoms with Gasteiger partial charge in [0.05, 0.1) is 27.9 Å². The number of hydrogen-bond acceptors (Lipinski definition) is 4. The largest absolute Gasteiger partial charge is 0.325 e. The molecule has 5 nitrogen and oxygen atoms in total. The van der Waals surface area contributed by atoms with Crippen LogP contribution in [0.3, 0.4) is 0 Å². The summed E-state index contributed by atoms with van der Waals surface area (Å²) in [7, 11) is 0. The second-order valence-electron chi connectivity index (χ2n) is 19.9. The van der Waals surface area contributed by atoms with Crippen molar-refractivity contribution >= 4 is 38.8 Å². The SMILES string of the molecule is CC1C=CC2(C)C3=C1C(C)C=C1c4cccc(-n5c6ccccc6c6cc(-c7nc(-c8ccc(-c9ccccc9)cc8)nc(-c8ccc(-c9ccccc9)cc8)n7)ccc65)c4N(c4ccccc42)C13C. The van der Waals surface area contributed by atoms with Crippen LogP contribution >= 0.6 is 0 Å². The van der Waals surface area contributed by atoms with Gasteiger partial charge in [-0.3, -0.25) is 0 Å². The average Bonchev–Trinajstić information content (AvgIpc) is 3.88. The lowest BCUT2D eigenvalue weighted by molar-refractivity contribution is 0.477. The number of fused-ring (bicyclic) bond motifs is 9. The number of hydrogen-bond donors (Lipinski definition) is 0. The number of nitrogens with zero attached hydrogens (tertiary/aromatic N) is 5. The van der Waals surface area contributed by atoms with Gasteiger partial charge in [0, 0.05) is 44.1 Å². The summed E-state index contributed by atoms with van der Waals surface area (Å²) in [6.45, 7) is 9.74. The van der Waals surface area contributed by atoms with Crippen molar-refractivity contribution in [3.05, 3.63) is 235 Å². The summed E-state index contributed by atoms with van der Waals surface area (Å²) < 4.78 is 2.50. The van der Waals surface area contributed by atoms with Crippen molar-refractivity contribution in [1.82, 2.24) is 19.5 Å². The minimum absolute atomic E-state index is 0.213. The fourth-order valence-electron chi connectivity index (χ4n) is 12.8. The molecule has 4 heterocycles. The van der Waals surface area contributed by atoms with Crippen LogP contribution in [-0.4, -0.2) is 25.1 Å². The van der Waals surface area contributed by atoms with Crippen LogP contribution < -0.4 is 4.90 Å². The van der Waals surface area contributed by atoms with Gasteiger partial charge in [-0.15, -0.1) is 0 Å². The topological polar surface area (TPSA) is 46.8 Å². The van der Waals surface area contributed by atoms with E-state index in [0.717, 1.165) is 44.2 Å². The first-order chi connectivity index (χ1) is 34.3. The summed E-state index contributed by atoms with van der Waals surface area (Å²) in [4.78, 5) is 18.4. The Morgan fingerprint density at radius 3 is 1.66 bits per heavy atom. The molecule has 10 aromatic rings. The highest BCUT2D eigenvalue weighted by Crippen LogP contribution is 2.68. The molecule has 0 radical (unpaired) electrons. The molecule has 2 aromatic heterocycles. The molecular weight excluding hydrogens is 851 g/mol. The highest BCUT2D eigenvalue weighted by Gasteiger charge is 2.60. The Bertz CT molecular complexity index is 3780. The second kappa shape index (κ2) is 15.0. The Kier molecular flexibility index (Phi) is 8.73. The van der Waals surface area contributed by atoms with Crippen LogP contribution in [0.4, 0.5) is 11.4 Å². The van der Waals surface area contributed by atoms with Crippen molar-refractivity contribution in [2.24, 2.45) is 11.8 Å². The number of allylic oxidation sites excluding steroid dienone is 4. The lowest BCUT2D eigenvalue weighted by Gasteiger charge is -2.57. The monoisotopic (exact) mass is 899 g/mol. The van der Waals surface area contributed by atoms with E-state index >= 15 is 0 Å². The molecule has 4 aliphatic rings. The Labute approximate surface area is 408 Å². The van der Waals surface area contributed by atoms with Gasteiger partial charge < -0.3 is 9.47 Å². The minimum Gasteiger partial charge on any atom is -0.325 e. The van der Waals surface area contributed by atoms with Crippen LogP contribution in [0, 0.1) is 11.8 Å². The molecular formula is C65H49N5. The normalized spacial score (nSPS) is 20.6. The van der Waals surface area contributed by atoms with E-state index in [0.29, 0.717) is 29.3 Å². The minimum atomic E-state index is -0.355. The molecule has 0 saturated carbocycles. The summed E-state index contributed by atoms with van der Waals surface area (Å²) >= 11 is 0. The molecule has 0 amide bonds. The smallest absolute Gasteiger partial charge is 0.164 e. The van der Waals surface area contributed by atoms with Gasteiger partial charge in [-0.05, 0) is 101 Å². The van der Waals surface area contributed by atoms with Crippen molar-refractivity contribution in [3.8, 4) is 62.1 Å². The van der Waals surface area contributed by atoms with Crippen LogP contribution in [0.15, 0.2) is 223 Å². The second-order valence-corrected chi connectivity index (χ2v) is 19.9. The van der Waals surface area contributed by atoms with Gasteiger partial charge in [-0.25, -0.2) is 15.0 Å². The molecule has 0 saturated heterocycles. The Morgan fingerprint density at radius 2 is 0.986 bits per heavy atom. The van der Waals surface area contributed by atoms with E-state index in [1.54, 1.807) is 11.1 Å². The molecule has 8 aromatic carbocycles. The van der Waals surface area contributed by atoms with Gasteiger partial charge in [0.25, 0.3) is 0 Å². The van der Waals surface area contributed by atoms with Crippen molar-refractivity contribution in [1.29, 1.82) is 0 Å². The predicted octanol–water partition coefficient (Wildman–Crippen LogP) is 16.0. The lowest BCUT2D eigenvalue weighted by Crippen LogP contribution is -2.55. The van der Waals surface area contributed by atoms with Gasteiger partial charge in [-0.2, -0.15) is 0 Å². The molecule has 70 heavy (non-hydrogen) atoms. The number of aromatic nitrogens is 4. The lowest BCUT2D eigenvalue weighted by atomic mass is 9.55. The molecule has 0 bridgehead atoms. The van der Waals surface area contributed by atoms with E-state index in [1.165, 1.54) is 50.3 Å². The number of anilines is 2. The van der Waals surface area contributed by atoms with E-state index in [2.05, 4.69) is 237 Å². The van der Waals surface area contributed by atoms with Crippen molar-refractivity contribution in [2.45, 2.75) is 38.6 Å². The maximum absolute atomic E-state index is 5.26. The molecule has 334 valence electrons. The zero-order chi connectivity index (χ0) is 46.9. The van der Waals surface area contributed by atoms with Crippen LogP contribution in [0.2, 0.25) is 0 Å². The molecule has 2 aliphatic carbocycles. The maximum atomic E-state index is 5.26. The Hall–Kier alpha value is -8.41. The first-order valence-corrected chi connectivity index (χ1v) is 24.6. The first kappa shape index (κ1) is 40.6. The summed E-state index contributed by atoms with van der Waals surface area (Å²) in [5, 5.41) is 2.32. The third-order valence-corrected chi connectivity index (χ3v) is 15.9. The van der Waals surface area contributed by atoms with Crippen molar-refractivity contribution < 1.29 is 0 Å². The summed E-state index contributed by atoms with van der Waals surface area (Å²) in [5.41, 5.74) is 20.0. The molecule has 4 atom stereocenters. The van der Waals surface area contributed by atoms with Gasteiger partial charge in [-0.1, -0.05) is 195 Å². The highest BCUT2D eigenvalue weighted by molar-refractivity contribution is 6.12. The molecule has 2 aliphatic heterocycles. The Morgan fingerprint density at radius 1 is 0.457 bits per heavy atom. The van der Waals surface area contributed by atoms with Gasteiger partial charge in [0.15, 0.2) is 17.5 Å². The molecule has 14 rings (SSSR count). The molecule has 0 N–H and O–H groups in total. The zero-order valence-electron chi connectivity index (χ0n) is 39.6. The van der Waals surface area contributed by atoms with Gasteiger partial charge in [0.1, 0.15) is 0 Å². The Balaban J connectivity index is 0.947. The molecule has 4 unspecified atom stereocenters. The van der Waals surface area contributed by atoms with Crippen LogP contribution in [0.25, 0.3) is 89.5 Å². The van der Waals surface area contributed by atoms with E-state index in [1.807, 2.05) is 12.1 Å². The van der Waals surface area contributed by atoms with E-state index in [4.69, 9.17) is 15.0 Å². The molecule has 0 spiro atoms. The maximum Gasteiger partial charge on any atom is 0.164 e. The number of para-hydroxylation sites is 3. The third kappa shape index (κ3) is 5.75.